The first-order valence-corrected chi connectivity index (χ1v) is 13.2. The molecule has 1 unspecified atom stereocenters. The van der Waals surface area contributed by atoms with E-state index in [1.807, 2.05) is 0 Å². The lowest BCUT2D eigenvalue weighted by Crippen LogP contribution is -2.22. The Kier molecular flexibility index (Phi) is 16.1. The Morgan fingerprint density at radius 3 is 1.67 bits per heavy atom. The van der Waals surface area contributed by atoms with Gasteiger partial charge >= 0.3 is 6.16 Å². The summed E-state index contributed by atoms with van der Waals surface area (Å²) in [5, 5.41) is 11.1. The second-order valence-electron chi connectivity index (χ2n) is 8.60. The van der Waals surface area contributed by atoms with Crippen molar-refractivity contribution in [2.45, 2.75) is 110 Å². The molecule has 0 saturated carbocycles. The normalized spacial score (nSPS) is 11.9. The van der Waals surface area contributed by atoms with E-state index in [1.165, 1.54) is 82.8 Å². The zero-order valence-corrected chi connectivity index (χ0v) is 21.6. The second kappa shape index (κ2) is 17.9. The van der Waals surface area contributed by atoms with Crippen LogP contribution < -0.4 is 5.11 Å². The van der Waals surface area contributed by atoms with Gasteiger partial charge in [-0.1, -0.05) is 114 Å². The lowest BCUT2D eigenvalue weighted by atomic mass is 10.0. The largest absolute Gasteiger partial charge is 0.545 e. The van der Waals surface area contributed by atoms with Crippen LogP contribution in [0.4, 0.5) is 4.79 Å². The minimum atomic E-state index is -1.38. The van der Waals surface area contributed by atoms with Gasteiger partial charge in [-0.25, -0.2) is 4.79 Å². The van der Waals surface area contributed by atoms with E-state index < -0.39 is 18.2 Å². The average molecular weight is 502 g/mol. The Morgan fingerprint density at radius 2 is 1.24 bits per heavy atom. The van der Waals surface area contributed by atoms with Gasteiger partial charge in [0.2, 0.25) is 0 Å². The molecule has 188 valence electrons. The maximum absolute atomic E-state index is 11.9. The molecule has 1 rings (SSSR count). The molecule has 0 amide bonds. The number of benzene rings is 1. The van der Waals surface area contributed by atoms with Gasteiger partial charge in [-0.15, -0.1) is 0 Å². The smallest absolute Gasteiger partial charge is 0.508 e. The molecule has 0 aliphatic heterocycles. The van der Waals surface area contributed by atoms with Crippen LogP contribution in [0.2, 0.25) is 10.0 Å². The van der Waals surface area contributed by atoms with Gasteiger partial charge in [-0.3, -0.25) is 0 Å². The molecular weight excluding hydrogens is 463 g/mol. The van der Waals surface area contributed by atoms with E-state index >= 15 is 0 Å². The summed E-state index contributed by atoms with van der Waals surface area (Å²) in [4.78, 5) is 22.9. The zero-order chi connectivity index (χ0) is 24.5. The molecule has 0 radical (unpaired) electrons. The molecule has 1 aromatic carbocycles. The van der Waals surface area contributed by atoms with Crippen LogP contribution in [-0.2, 0) is 9.47 Å². The van der Waals surface area contributed by atoms with Crippen LogP contribution in [0.5, 0.6) is 0 Å². The Labute approximate surface area is 209 Å². The van der Waals surface area contributed by atoms with Gasteiger partial charge in [-0.05, 0) is 25.5 Å². The van der Waals surface area contributed by atoms with Crippen LogP contribution >= 0.6 is 23.2 Å². The maximum atomic E-state index is 11.9. The topological polar surface area (TPSA) is 75.7 Å². The van der Waals surface area contributed by atoms with Gasteiger partial charge in [-0.2, -0.15) is 0 Å². The molecule has 33 heavy (non-hydrogen) atoms. The van der Waals surface area contributed by atoms with E-state index in [2.05, 4.69) is 6.92 Å². The number of carbonyl (C=O) groups is 2. The third kappa shape index (κ3) is 13.1. The number of carboxylic acid groups (broad SMARTS) is 1. The highest BCUT2D eigenvalue weighted by Gasteiger charge is 2.20. The third-order valence-corrected chi connectivity index (χ3v) is 6.34. The van der Waals surface area contributed by atoms with Crippen LogP contribution in [0.15, 0.2) is 12.1 Å². The van der Waals surface area contributed by atoms with Gasteiger partial charge < -0.3 is 19.4 Å². The highest BCUT2D eigenvalue weighted by atomic mass is 35.5. The molecule has 1 atom stereocenters. The van der Waals surface area contributed by atoms with Gasteiger partial charge in [0.25, 0.3) is 0 Å². The maximum Gasteiger partial charge on any atom is 0.508 e. The molecule has 0 N–H and O–H groups in total. The summed E-state index contributed by atoms with van der Waals surface area (Å²) < 4.78 is 10.4. The van der Waals surface area contributed by atoms with Crippen molar-refractivity contribution in [1.29, 1.82) is 0 Å². The van der Waals surface area contributed by atoms with E-state index in [0.717, 1.165) is 19.3 Å². The molecule has 0 aliphatic carbocycles. The molecule has 0 fully saturated rings. The van der Waals surface area contributed by atoms with Gasteiger partial charge in [0.1, 0.15) is 6.10 Å². The second-order valence-corrected chi connectivity index (χ2v) is 9.41. The Morgan fingerprint density at radius 1 is 0.818 bits per heavy atom. The number of carboxylic acids is 1. The molecule has 0 spiro atoms. The van der Waals surface area contributed by atoms with Gasteiger partial charge in [0.15, 0.2) is 0 Å². The fraction of sp³-hybridized carbons (Fsp3) is 0.692. The molecule has 7 heteroatoms. The number of ether oxygens (including phenoxy) is 2. The molecule has 0 heterocycles. The summed E-state index contributed by atoms with van der Waals surface area (Å²) in [6.07, 6.45) is 16.1. The number of hydrogen-bond acceptors (Lipinski definition) is 5. The first kappa shape index (κ1) is 29.6. The quantitative estimate of drug-likeness (QED) is 0.150. The summed E-state index contributed by atoms with van der Waals surface area (Å²) >= 11 is 12.2. The van der Waals surface area contributed by atoms with E-state index in [0.29, 0.717) is 12.2 Å². The van der Waals surface area contributed by atoms with Crippen molar-refractivity contribution in [2.75, 3.05) is 6.61 Å². The van der Waals surface area contributed by atoms with E-state index in [9.17, 15) is 14.7 Å². The van der Waals surface area contributed by atoms with Crippen LogP contribution in [0.3, 0.4) is 0 Å². The van der Waals surface area contributed by atoms with E-state index in [-0.39, 0.29) is 15.6 Å². The third-order valence-electron chi connectivity index (χ3n) is 5.71. The lowest BCUT2D eigenvalue weighted by Gasteiger charge is -2.17. The highest BCUT2D eigenvalue weighted by molar-refractivity contribution is 6.36. The summed E-state index contributed by atoms with van der Waals surface area (Å²) in [5.74, 6) is -1.38. The fourth-order valence-electron chi connectivity index (χ4n) is 3.78. The average Bonchev–Trinajstić information content (AvgIpc) is 2.75. The number of rotatable bonds is 18. The van der Waals surface area contributed by atoms with Crippen LogP contribution in [0.1, 0.15) is 126 Å². The Balaban J connectivity index is 2.07. The molecule has 0 bridgehead atoms. The summed E-state index contributed by atoms with van der Waals surface area (Å²) in [6.45, 7) is 4.15. The number of unbranched alkanes of at least 4 members (excludes halogenated alkanes) is 13. The van der Waals surface area contributed by atoms with Crippen molar-refractivity contribution in [3.05, 3.63) is 33.3 Å². The molecule has 0 aromatic heterocycles. The highest BCUT2D eigenvalue weighted by Crippen LogP contribution is 2.33. The minimum absolute atomic E-state index is 0.0916. The van der Waals surface area contributed by atoms with E-state index in [4.69, 9.17) is 32.7 Å². The lowest BCUT2D eigenvalue weighted by molar-refractivity contribution is -0.255. The molecule has 0 aliphatic rings. The van der Waals surface area contributed by atoms with Crippen LogP contribution in [0.25, 0.3) is 0 Å². The number of carbonyl (C=O) groups excluding carboxylic acids is 2. The SMILES string of the molecule is CCCCCCCCCCCCCCCCOC(=O)OC(C)c1c(Cl)cc(C(=O)[O-])cc1Cl. The van der Waals surface area contributed by atoms with Crippen molar-refractivity contribution in [3.8, 4) is 0 Å². The molecule has 5 nitrogen and oxygen atoms in total. The zero-order valence-electron chi connectivity index (χ0n) is 20.1. The Bertz CT molecular complexity index is 685. The minimum Gasteiger partial charge on any atom is -0.545 e. The van der Waals surface area contributed by atoms with Crippen molar-refractivity contribution < 1.29 is 24.2 Å². The van der Waals surface area contributed by atoms with E-state index in [1.54, 1.807) is 6.92 Å². The predicted molar refractivity (Wildman–Crippen MR) is 132 cm³/mol. The van der Waals surface area contributed by atoms with Gasteiger partial charge in [0.05, 0.1) is 12.6 Å². The van der Waals surface area contributed by atoms with Crippen LogP contribution in [-0.4, -0.2) is 18.7 Å². The summed E-state index contributed by atoms with van der Waals surface area (Å²) in [6, 6.07) is 2.44. The summed E-state index contributed by atoms with van der Waals surface area (Å²) in [7, 11) is 0. The van der Waals surface area contributed by atoms with Crippen molar-refractivity contribution in [2.24, 2.45) is 0 Å². The first-order valence-electron chi connectivity index (χ1n) is 12.4. The monoisotopic (exact) mass is 501 g/mol. The van der Waals surface area contributed by atoms with Crippen molar-refractivity contribution in [1.82, 2.24) is 0 Å². The fourth-order valence-corrected chi connectivity index (χ4v) is 4.57. The molecular formula is C26H39Cl2O5-. The molecule has 0 saturated heterocycles. The predicted octanol–water partition coefficient (Wildman–Crippen LogP) is 8.05. The van der Waals surface area contributed by atoms with Crippen molar-refractivity contribution >= 4 is 35.3 Å². The molecule has 1 aromatic rings. The number of hydrogen-bond donors (Lipinski definition) is 0. The Hall–Kier alpha value is -1.46. The number of halogens is 2. The number of aromatic carboxylic acids is 1. The van der Waals surface area contributed by atoms with Crippen LogP contribution in [0, 0.1) is 0 Å². The first-order chi connectivity index (χ1) is 15.9. The van der Waals surface area contributed by atoms with Gasteiger partial charge in [0, 0.05) is 21.2 Å². The summed E-state index contributed by atoms with van der Waals surface area (Å²) in [5.41, 5.74) is 0.193. The standard InChI is InChI=1S/C26H40Cl2O5/c1-3-4-5-6-7-8-9-10-11-12-13-14-15-16-17-32-26(31)33-20(2)24-22(27)18-21(25(29)30)19-23(24)28/h18-20H,3-17H2,1-2H3,(H,29,30)/p-1. The van der Waals surface area contributed by atoms with Crippen molar-refractivity contribution in [3.63, 3.8) is 0 Å².